The second kappa shape index (κ2) is 8.69. The van der Waals surface area contributed by atoms with E-state index in [9.17, 15) is 4.79 Å². The van der Waals surface area contributed by atoms with Crippen LogP contribution in [0.15, 0.2) is 49.1 Å². The highest BCUT2D eigenvalue weighted by atomic mass is 16.2. The molecule has 2 aromatic heterocycles. The van der Waals surface area contributed by atoms with Crippen LogP contribution in [0.1, 0.15) is 53.7 Å². The molecule has 0 saturated carbocycles. The molecule has 0 unspecified atom stereocenters. The van der Waals surface area contributed by atoms with Gasteiger partial charge >= 0.3 is 0 Å². The second-order valence-corrected chi connectivity index (χ2v) is 6.84. The van der Waals surface area contributed by atoms with Crippen LogP contribution < -0.4 is 0 Å². The van der Waals surface area contributed by atoms with Gasteiger partial charge in [-0.2, -0.15) is 0 Å². The zero-order chi connectivity index (χ0) is 20.1. The molecule has 0 saturated heterocycles. The highest BCUT2D eigenvalue weighted by molar-refractivity contribution is 5.94. The highest BCUT2D eigenvalue weighted by Gasteiger charge is 2.20. The average molecular weight is 375 g/mol. The Morgan fingerprint density at radius 3 is 2.54 bits per heavy atom. The van der Waals surface area contributed by atoms with Crippen LogP contribution in [0.25, 0.3) is 11.3 Å². The van der Waals surface area contributed by atoms with Gasteiger partial charge < -0.3 is 4.90 Å². The van der Waals surface area contributed by atoms with Crippen LogP contribution in [0.2, 0.25) is 0 Å². The van der Waals surface area contributed by atoms with Gasteiger partial charge in [-0.15, -0.1) is 0 Å². The minimum atomic E-state index is -0.143. The van der Waals surface area contributed by atoms with Gasteiger partial charge in [0, 0.05) is 30.6 Å². The van der Waals surface area contributed by atoms with Crippen molar-refractivity contribution >= 4 is 5.91 Å². The number of carbonyl (C=O) groups is 1. The summed E-state index contributed by atoms with van der Waals surface area (Å²) < 4.78 is 0. The van der Waals surface area contributed by atoms with Crippen LogP contribution in [0.4, 0.5) is 0 Å². The predicted molar refractivity (Wildman–Crippen MR) is 109 cm³/mol. The Kier molecular flexibility index (Phi) is 6.09. The van der Waals surface area contributed by atoms with Gasteiger partial charge in [0.05, 0.1) is 17.4 Å². The fourth-order valence-electron chi connectivity index (χ4n) is 3.09. The molecule has 0 N–H and O–H groups in total. The minimum Gasteiger partial charge on any atom is -0.333 e. The lowest BCUT2D eigenvalue weighted by Crippen LogP contribution is -2.30. The van der Waals surface area contributed by atoms with E-state index in [1.54, 1.807) is 18.1 Å². The maximum Gasteiger partial charge on any atom is 0.254 e. The third-order valence-electron chi connectivity index (χ3n) is 4.84. The summed E-state index contributed by atoms with van der Waals surface area (Å²) in [5.41, 5.74) is 4.51. The average Bonchev–Trinajstić information content (AvgIpc) is 2.74. The summed E-state index contributed by atoms with van der Waals surface area (Å²) in [7, 11) is 1.79. The second-order valence-electron chi connectivity index (χ2n) is 6.84. The van der Waals surface area contributed by atoms with Crippen molar-refractivity contribution in [2.45, 2.75) is 39.7 Å². The van der Waals surface area contributed by atoms with Gasteiger partial charge in [0.15, 0.2) is 0 Å². The lowest BCUT2D eigenvalue weighted by Gasteiger charge is -2.24. The van der Waals surface area contributed by atoms with E-state index in [-0.39, 0.29) is 11.9 Å². The summed E-state index contributed by atoms with van der Waals surface area (Å²) in [5, 5.41) is 0. The van der Waals surface area contributed by atoms with Crippen molar-refractivity contribution < 1.29 is 4.79 Å². The van der Waals surface area contributed by atoms with Gasteiger partial charge in [-0.3, -0.25) is 4.79 Å². The van der Waals surface area contributed by atoms with E-state index in [4.69, 9.17) is 0 Å². The lowest BCUT2D eigenvalue weighted by atomic mass is 10.0. The first-order valence-corrected chi connectivity index (χ1v) is 9.47. The van der Waals surface area contributed by atoms with Crippen molar-refractivity contribution in [1.82, 2.24) is 24.8 Å². The Morgan fingerprint density at radius 2 is 1.89 bits per heavy atom. The number of hydrogen-bond acceptors (Lipinski definition) is 5. The number of rotatable bonds is 6. The molecule has 0 aliphatic heterocycles. The zero-order valence-corrected chi connectivity index (χ0v) is 16.8. The number of carbonyl (C=O) groups excluding carboxylic acids is 1. The maximum atomic E-state index is 12.9. The summed E-state index contributed by atoms with van der Waals surface area (Å²) >= 11 is 0. The van der Waals surface area contributed by atoms with E-state index >= 15 is 0 Å². The van der Waals surface area contributed by atoms with Crippen molar-refractivity contribution in [3.63, 3.8) is 0 Å². The van der Waals surface area contributed by atoms with Crippen molar-refractivity contribution in [1.29, 1.82) is 0 Å². The Morgan fingerprint density at radius 1 is 1.14 bits per heavy atom. The molecule has 6 heteroatoms. The minimum absolute atomic E-state index is 0.0506. The molecule has 0 spiro atoms. The third-order valence-corrected chi connectivity index (χ3v) is 4.84. The van der Waals surface area contributed by atoms with E-state index in [1.807, 2.05) is 50.4 Å². The zero-order valence-electron chi connectivity index (χ0n) is 16.8. The quantitative estimate of drug-likeness (QED) is 0.650. The predicted octanol–water partition coefficient (Wildman–Crippen LogP) is 4.03. The van der Waals surface area contributed by atoms with Crippen LogP contribution >= 0.6 is 0 Å². The molecular formula is C22H25N5O. The van der Waals surface area contributed by atoms with E-state index in [2.05, 4.69) is 26.9 Å². The van der Waals surface area contributed by atoms with Gasteiger partial charge in [-0.05, 0) is 44.0 Å². The van der Waals surface area contributed by atoms with E-state index in [0.29, 0.717) is 5.56 Å². The standard InChI is InChI=1S/C22H25N5O/c1-5-6-19-13-24-16(3)26-21(19)17-7-9-18(10-8-17)22(28)27(4)15(2)20-11-12-23-14-25-20/h7-15H,5-6H2,1-4H3/t15-/m1/s1. The molecule has 0 radical (unpaired) electrons. The van der Waals surface area contributed by atoms with Crippen LogP contribution in [0.3, 0.4) is 0 Å². The Balaban J connectivity index is 1.83. The summed E-state index contributed by atoms with van der Waals surface area (Å²) in [6, 6.07) is 9.30. The molecule has 3 rings (SSSR count). The highest BCUT2D eigenvalue weighted by Crippen LogP contribution is 2.24. The summed E-state index contributed by atoms with van der Waals surface area (Å²) in [6.07, 6.45) is 7.04. The number of aromatic nitrogens is 4. The maximum absolute atomic E-state index is 12.9. The third kappa shape index (κ3) is 4.22. The van der Waals surface area contributed by atoms with Gasteiger partial charge in [0.1, 0.15) is 12.2 Å². The normalized spacial score (nSPS) is 11.9. The van der Waals surface area contributed by atoms with Gasteiger partial charge in [0.25, 0.3) is 5.91 Å². The smallest absolute Gasteiger partial charge is 0.254 e. The van der Waals surface area contributed by atoms with Crippen molar-refractivity contribution in [2.75, 3.05) is 7.05 Å². The number of nitrogens with zero attached hydrogens (tertiary/aromatic N) is 5. The number of hydrogen-bond donors (Lipinski definition) is 0. The van der Waals surface area contributed by atoms with Crippen LogP contribution in [0, 0.1) is 6.92 Å². The molecule has 1 aromatic carbocycles. The van der Waals surface area contributed by atoms with Gasteiger partial charge in [0.2, 0.25) is 0 Å². The Hall–Kier alpha value is -3.15. The Labute approximate surface area is 165 Å². The SMILES string of the molecule is CCCc1cnc(C)nc1-c1ccc(C(=O)N(C)[C@H](C)c2ccncn2)cc1. The summed E-state index contributed by atoms with van der Waals surface area (Å²) in [4.78, 5) is 31.7. The molecule has 144 valence electrons. The van der Waals surface area contributed by atoms with E-state index in [1.165, 1.54) is 6.33 Å². The van der Waals surface area contributed by atoms with Crippen LogP contribution in [-0.4, -0.2) is 37.8 Å². The topological polar surface area (TPSA) is 71.9 Å². The first-order chi connectivity index (χ1) is 13.5. The van der Waals surface area contributed by atoms with Crippen LogP contribution in [0.5, 0.6) is 0 Å². The molecule has 0 aliphatic carbocycles. The first kappa shape index (κ1) is 19.6. The summed E-state index contributed by atoms with van der Waals surface area (Å²) in [5.74, 6) is 0.693. The van der Waals surface area contributed by atoms with Gasteiger partial charge in [-0.25, -0.2) is 19.9 Å². The van der Waals surface area contributed by atoms with Crippen molar-refractivity contribution in [3.8, 4) is 11.3 Å². The van der Waals surface area contributed by atoms with E-state index < -0.39 is 0 Å². The molecule has 6 nitrogen and oxygen atoms in total. The van der Waals surface area contributed by atoms with E-state index in [0.717, 1.165) is 41.2 Å². The van der Waals surface area contributed by atoms with Crippen LogP contribution in [-0.2, 0) is 6.42 Å². The van der Waals surface area contributed by atoms with Crippen molar-refractivity contribution in [2.24, 2.45) is 0 Å². The number of benzene rings is 1. The molecule has 3 aromatic rings. The molecule has 0 fully saturated rings. The molecule has 0 bridgehead atoms. The van der Waals surface area contributed by atoms with Gasteiger partial charge in [-0.1, -0.05) is 25.5 Å². The number of aryl methyl sites for hydroxylation is 2. The molecule has 2 heterocycles. The first-order valence-electron chi connectivity index (χ1n) is 9.47. The molecule has 1 atom stereocenters. The molecule has 1 amide bonds. The Bertz CT molecular complexity index is 941. The fourth-order valence-corrected chi connectivity index (χ4v) is 3.09. The summed E-state index contributed by atoms with van der Waals surface area (Å²) in [6.45, 7) is 5.98. The van der Waals surface area contributed by atoms with Crippen molar-refractivity contribution in [3.05, 3.63) is 71.7 Å². The largest absolute Gasteiger partial charge is 0.333 e. The molecule has 28 heavy (non-hydrogen) atoms. The fraction of sp³-hybridized carbons (Fsp3) is 0.318. The number of amides is 1. The molecule has 0 aliphatic rings. The lowest BCUT2D eigenvalue weighted by molar-refractivity contribution is 0.0739. The molecular weight excluding hydrogens is 350 g/mol. The monoisotopic (exact) mass is 375 g/mol.